The second-order valence-electron chi connectivity index (χ2n) is 7.65. The second kappa shape index (κ2) is 9.36. The van der Waals surface area contributed by atoms with E-state index in [1.54, 1.807) is 18.5 Å². The van der Waals surface area contributed by atoms with Gasteiger partial charge in [0.25, 0.3) is 5.56 Å². The molecule has 0 radical (unpaired) electrons. The molecule has 0 amide bonds. The molecular formula is C23H26N8O2. The molecule has 0 aliphatic heterocycles. The quantitative estimate of drug-likeness (QED) is 0.308. The van der Waals surface area contributed by atoms with Crippen molar-refractivity contribution in [2.75, 3.05) is 13.1 Å². The summed E-state index contributed by atoms with van der Waals surface area (Å²) in [6, 6.07) is 7.65. The normalized spacial score (nSPS) is 11.2. The molecular weight excluding hydrogens is 420 g/mol. The van der Waals surface area contributed by atoms with Crippen LogP contribution in [0.15, 0.2) is 33.9 Å². The minimum atomic E-state index is -0.477. The number of nitrogens with two attached hydrogens (primary N) is 1. The van der Waals surface area contributed by atoms with Gasteiger partial charge in [-0.1, -0.05) is 24.1 Å². The molecule has 170 valence electrons. The summed E-state index contributed by atoms with van der Waals surface area (Å²) >= 11 is 0. The standard InChI is InChI=1S/C23H26N8O2/c1-4-5-12-30-19(13-25-11-10-24)28-21-20(30)22(32)31(23(33)29(21)3)14-18-26-15(2)16-8-6-7-9-17(16)27-18/h6-9,25H,10-14,24H2,1-3H3. The van der Waals surface area contributed by atoms with Crippen molar-refractivity contribution in [3.63, 3.8) is 0 Å². The average Bonchev–Trinajstić information content (AvgIpc) is 3.18. The molecule has 0 saturated heterocycles. The van der Waals surface area contributed by atoms with Gasteiger partial charge in [-0.25, -0.2) is 19.7 Å². The highest BCUT2D eigenvalue weighted by Gasteiger charge is 2.20. The van der Waals surface area contributed by atoms with E-state index in [0.717, 1.165) is 21.2 Å². The lowest BCUT2D eigenvalue weighted by Crippen LogP contribution is -2.40. The Hall–Kier alpha value is -3.81. The molecule has 0 aliphatic rings. The fourth-order valence-electron chi connectivity index (χ4n) is 3.83. The minimum Gasteiger partial charge on any atom is -0.329 e. The van der Waals surface area contributed by atoms with Gasteiger partial charge in [0.1, 0.15) is 11.6 Å². The van der Waals surface area contributed by atoms with Crippen molar-refractivity contribution in [3.05, 3.63) is 62.4 Å². The number of benzene rings is 1. The van der Waals surface area contributed by atoms with Crippen molar-refractivity contribution in [3.8, 4) is 11.8 Å². The molecule has 33 heavy (non-hydrogen) atoms. The lowest BCUT2D eigenvalue weighted by molar-refractivity contribution is 0.629. The van der Waals surface area contributed by atoms with E-state index < -0.39 is 11.2 Å². The van der Waals surface area contributed by atoms with Crippen LogP contribution in [0.3, 0.4) is 0 Å². The van der Waals surface area contributed by atoms with Crippen LogP contribution in [0, 0.1) is 18.8 Å². The number of nitrogens with zero attached hydrogens (tertiary/aromatic N) is 6. The van der Waals surface area contributed by atoms with Crippen LogP contribution >= 0.6 is 0 Å². The number of nitrogens with one attached hydrogen (secondary N) is 1. The first-order chi connectivity index (χ1) is 16.0. The third-order valence-electron chi connectivity index (χ3n) is 5.47. The highest BCUT2D eigenvalue weighted by molar-refractivity contribution is 5.80. The van der Waals surface area contributed by atoms with E-state index in [1.165, 1.54) is 4.57 Å². The SMILES string of the molecule is CC#CCn1c(CNCCN)nc2c1c(=O)n(Cc1nc(C)c3ccccc3n1)c(=O)n2C. The Morgan fingerprint density at radius 3 is 2.67 bits per heavy atom. The molecule has 0 fully saturated rings. The molecule has 3 N–H and O–H groups in total. The first kappa shape index (κ1) is 22.4. The molecule has 1 aromatic carbocycles. The number of aryl methyl sites for hydroxylation is 2. The number of para-hydroxylation sites is 1. The number of fused-ring (bicyclic) bond motifs is 2. The Labute approximate surface area is 190 Å². The van der Waals surface area contributed by atoms with Crippen molar-refractivity contribution in [1.29, 1.82) is 0 Å². The van der Waals surface area contributed by atoms with Gasteiger partial charge in [-0.05, 0) is 19.9 Å². The van der Waals surface area contributed by atoms with Crippen molar-refractivity contribution < 1.29 is 0 Å². The van der Waals surface area contributed by atoms with Gasteiger partial charge in [0.15, 0.2) is 11.2 Å². The molecule has 0 atom stereocenters. The monoisotopic (exact) mass is 446 g/mol. The largest absolute Gasteiger partial charge is 0.332 e. The predicted molar refractivity (Wildman–Crippen MR) is 127 cm³/mol. The molecule has 10 nitrogen and oxygen atoms in total. The van der Waals surface area contributed by atoms with Crippen LogP contribution in [-0.4, -0.2) is 41.7 Å². The summed E-state index contributed by atoms with van der Waals surface area (Å²) in [5.41, 5.74) is 6.84. The van der Waals surface area contributed by atoms with E-state index in [2.05, 4.69) is 32.1 Å². The van der Waals surface area contributed by atoms with Crippen LogP contribution in [0.5, 0.6) is 0 Å². The smallest absolute Gasteiger partial charge is 0.329 e. The van der Waals surface area contributed by atoms with Gasteiger partial charge in [-0.15, -0.1) is 5.92 Å². The Morgan fingerprint density at radius 2 is 1.91 bits per heavy atom. The topological polar surface area (TPSA) is 126 Å². The third-order valence-corrected chi connectivity index (χ3v) is 5.47. The molecule has 4 rings (SSSR count). The lowest BCUT2D eigenvalue weighted by atomic mass is 10.2. The lowest BCUT2D eigenvalue weighted by Gasteiger charge is -2.10. The average molecular weight is 447 g/mol. The first-order valence-corrected chi connectivity index (χ1v) is 10.7. The van der Waals surface area contributed by atoms with Gasteiger partial charge in [0, 0.05) is 31.2 Å². The number of hydrogen-bond donors (Lipinski definition) is 2. The second-order valence-corrected chi connectivity index (χ2v) is 7.65. The highest BCUT2D eigenvalue weighted by atomic mass is 16.2. The van der Waals surface area contributed by atoms with Gasteiger partial charge in [0.2, 0.25) is 0 Å². The summed E-state index contributed by atoms with van der Waals surface area (Å²) in [5.74, 6) is 6.86. The van der Waals surface area contributed by atoms with E-state index in [1.807, 2.05) is 31.2 Å². The van der Waals surface area contributed by atoms with Gasteiger partial charge >= 0.3 is 5.69 Å². The van der Waals surface area contributed by atoms with E-state index in [9.17, 15) is 9.59 Å². The minimum absolute atomic E-state index is 0.0431. The van der Waals surface area contributed by atoms with Gasteiger partial charge < -0.3 is 15.6 Å². The van der Waals surface area contributed by atoms with Gasteiger partial charge in [-0.2, -0.15) is 0 Å². The fourth-order valence-corrected chi connectivity index (χ4v) is 3.83. The maximum Gasteiger partial charge on any atom is 0.332 e. The van der Waals surface area contributed by atoms with Crippen LogP contribution in [-0.2, 0) is 26.7 Å². The zero-order valence-corrected chi connectivity index (χ0v) is 18.9. The number of hydrogen-bond acceptors (Lipinski definition) is 7. The summed E-state index contributed by atoms with van der Waals surface area (Å²) in [4.78, 5) is 40.3. The summed E-state index contributed by atoms with van der Waals surface area (Å²) < 4.78 is 4.29. The maximum atomic E-state index is 13.5. The molecule has 0 bridgehead atoms. The maximum absolute atomic E-state index is 13.5. The van der Waals surface area contributed by atoms with Crippen molar-refractivity contribution in [2.45, 2.75) is 33.5 Å². The molecule has 10 heteroatoms. The Bertz CT molecular complexity index is 1520. The van der Waals surface area contributed by atoms with Gasteiger partial charge in [-0.3, -0.25) is 13.9 Å². The van der Waals surface area contributed by atoms with Crippen molar-refractivity contribution >= 4 is 22.1 Å². The van der Waals surface area contributed by atoms with Crippen LogP contribution in [0.25, 0.3) is 22.1 Å². The van der Waals surface area contributed by atoms with E-state index in [4.69, 9.17) is 5.73 Å². The molecule has 0 spiro atoms. The van der Waals surface area contributed by atoms with Crippen LogP contribution in [0.1, 0.15) is 24.3 Å². The molecule has 0 saturated carbocycles. The zero-order chi connectivity index (χ0) is 23.5. The fraction of sp³-hybridized carbons (Fsp3) is 0.348. The summed E-state index contributed by atoms with van der Waals surface area (Å²) in [6.45, 7) is 5.34. The van der Waals surface area contributed by atoms with Crippen molar-refractivity contribution in [1.82, 2.24) is 34.0 Å². The Morgan fingerprint density at radius 1 is 1.12 bits per heavy atom. The third kappa shape index (κ3) is 4.16. The summed E-state index contributed by atoms with van der Waals surface area (Å²) in [5, 5.41) is 4.12. The van der Waals surface area contributed by atoms with E-state index in [-0.39, 0.29) is 13.1 Å². The molecule has 0 aliphatic carbocycles. The molecule has 4 aromatic rings. The summed E-state index contributed by atoms with van der Waals surface area (Å²) in [7, 11) is 1.60. The number of aromatic nitrogens is 6. The highest BCUT2D eigenvalue weighted by Crippen LogP contribution is 2.15. The predicted octanol–water partition coefficient (Wildman–Crippen LogP) is 0.268. The van der Waals surface area contributed by atoms with E-state index >= 15 is 0 Å². The number of imidazole rings is 1. The zero-order valence-electron chi connectivity index (χ0n) is 18.9. The van der Waals surface area contributed by atoms with E-state index in [0.29, 0.717) is 42.4 Å². The van der Waals surface area contributed by atoms with Crippen LogP contribution in [0.2, 0.25) is 0 Å². The Kier molecular flexibility index (Phi) is 6.35. The molecule has 3 heterocycles. The van der Waals surface area contributed by atoms with Gasteiger partial charge in [0.05, 0.1) is 25.2 Å². The first-order valence-electron chi connectivity index (χ1n) is 10.7. The van der Waals surface area contributed by atoms with Crippen LogP contribution in [0.4, 0.5) is 0 Å². The van der Waals surface area contributed by atoms with Crippen LogP contribution < -0.4 is 22.3 Å². The number of rotatable bonds is 7. The summed E-state index contributed by atoms with van der Waals surface area (Å²) in [6.07, 6.45) is 0. The Balaban J connectivity index is 1.88. The molecule has 3 aromatic heterocycles. The molecule has 0 unspecified atom stereocenters. The van der Waals surface area contributed by atoms with Crippen molar-refractivity contribution in [2.24, 2.45) is 12.8 Å².